The van der Waals surface area contributed by atoms with Gasteiger partial charge in [-0.1, -0.05) is 28.9 Å². The van der Waals surface area contributed by atoms with E-state index in [1.165, 1.54) is 41.1 Å². The van der Waals surface area contributed by atoms with Gasteiger partial charge in [0, 0.05) is 0 Å². The third kappa shape index (κ3) is 3.43. The van der Waals surface area contributed by atoms with Crippen molar-refractivity contribution in [2.45, 2.75) is 19.3 Å². The number of hydrogen-bond acceptors (Lipinski definition) is 4. The van der Waals surface area contributed by atoms with Crippen LogP contribution in [-0.4, -0.2) is 27.3 Å². The number of fused-ring (bicyclic) bond motifs is 1. The van der Waals surface area contributed by atoms with Gasteiger partial charge in [-0.3, -0.25) is 4.79 Å². The summed E-state index contributed by atoms with van der Waals surface area (Å²) in [7, 11) is 0. The molecule has 0 aliphatic carbocycles. The van der Waals surface area contributed by atoms with Gasteiger partial charge < -0.3 is 10.5 Å². The molecule has 0 saturated heterocycles. The number of rotatable bonds is 4. The number of amides is 1. The third-order valence-electron chi connectivity index (χ3n) is 3.80. The molecule has 1 heterocycles. The van der Waals surface area contributed by atoms with Crippen LogP contribution >= 0.6 is 11.6 Å². The number of primary amides is 1. The van der Waals surface area contributed by atoms with Crippen molar-refractivity contribution in [3.8, 4) is 5.75 Å². The summed E-state index contributed by atoms with van der Waals surface area (Å²) in [6.07, 6.45) is -4.76. The summed E-state index contributed by atoms with van der Waals surface area (Å²) in [6.45, 7) is 1.75. The molecule has 3 aromatic rings. The molecule has 136 valence electrons. The standard InChI is InChI=1S/C16H12ClF3N4O2/c1-8(9-2-4-10(5-3-9)26-16(18,19)20)24-14-11(15(21)25)6-7-12(17)13(14)22-23-24/h2-8H,1H3,(H2,21,25). The van der Waals surface area contributed by atoms with Crippen molar-refractivity contribution in [3.63, 3.8) is 0 Å². The number of benzene rings is 2. The Hall–Kier alpha value is -2.81. The molecule has 0 aliphatic rings. The van der Waals surface area contributed by atoms with Gasteiger partial charge in [-0.15, -0.1) is 18.3 Å². The first-order chi connectivity index (χ1) is 12.2. The Kier molecular flexibility index (Phi) is 4.49. The highest BCUT2D eigenvalue weighted by Crippen LogP contribution is 2.30. The Morgan fingerprint density at radius 2 is 1.88 bits per heavy atom. The fourth-order valence-corrected chi connectivity index (χ4v) is 2.77. The van der Waals surface area contributed by atoms with E-state index < -0.39 is 18.3 Å². The molecule has 0 fully saturated rings. The van der Waals surface area contributed by atoms with Gasteiger partial charge in [0.1, 0.15) is 16.8 Å². The minimum atomic E-state index is -4.76. The zero-order valence-corrected chi connectivity index (χ0v) is 14.0. The SMILES string of the molecule is CC(c1ccc(OC(F)(F)F)cc1)n1nnc2c(Cl)ccc(C(N)=O)c21. The van der Waals surface area contributed by atoms with E-state index in [0.717, 1.165) is 0 Å². The average Bonchev–Trinajstić information content (AvgIpc) is 2.99. The van der Waals surface area contributed by atoms with Crippen LogP contribution in [0.15, 0.2) is 36.4 Å². The molecule has 0 spiro atoms. The smallest absolute Gasteiger partial charge is 0.406 e. The van der Waals surface area contributed by atoms with E-state index in [-0.39, 0.29) is 11.3 Å². The number of carbonyl (C=O) groups is 1. The topological polar surface area (TPSA) is 83.0 Å². The highest BCUT2D eigenvalue weighted by molar-refractivity contribution is 6.35. The van der Waals surface area contributed by atoms with Crippen molar-refractivity contribution in [1.29, 1.82) is 0 Å². The lowest BCUT2D eigenvalue weighted by molar-refractivity contribution is -0.274. The fraction of sp³-hybridized carbons (Fsp3) is 0.188. The molecule has 1 amide bonds. The van der Waals surface area contributed by atoms with Crippen LogP contribution in [0, 0.1) is 0 Å². The monoisotopic (exact) mass is 384 g/mol. The first-order valence-electron chi connectivity index (χ1n) is 7.36. The zero-order chi connectivity index (χ0) is 19.1. The summed E-state index contributed by atoms with van der Waals surface area (Å²) >= 11 is 6.09. The second-order valence-electron chi connectivity index (χ2n) is 5.48. The van der Waals surface area contributed by atoms with Crippen LogP contribution in [-0.2, 0) is 0 Å². The molecule has 6 nitrogen and oxygen atoms in total. The number of ether oxygens (including phenoxy) is 1. The second-order valence-corrected chi connectivity index (χ2v) is 5.89. The molecule has 0 aliphatic heterocycles. The summed E-state index contributed by atoms with van der Waals surface area (Å²) in [5, 5.41) is 8.30. The number of halogens is 4. The Balaban J connectivity index is 2.01. The molecule has 3 rings (SSSR count). The van der Waals surface area contributed by atoms with Crippen molar-refractivity contribution < 1.29 is 22.7 Å². The van der Waals surface area contributed by atoms with E-state index in [1.54, 1.807) is 6.92 Å². The summed E-state index contributed by atoms with van der Waals surface area (Å²) in [6, 6.07) is 7.84. The van der Waals surface area contributed by atoms with Gasteiger partial charge in [0.25, 0.3) is 5.91 Å². The molecular formula is C16H12ClF3N4O2. The third-order valence-corrected chi connectivity index (χ3v) is 4.11. The minimum Gasteiger partial charge on any atom is -0.406 e. The number of aromatic nitrogens is 3. The van der Waals surface area contributed by atoms with E-state index >= 15 is 0 Å². The van der Waals surface area contributed by atoms with Gasteiger partial charge in [0.05, 0.1) is 16.6 Å². The van der Waals surface area contributed by atoms with E-state index in [2.05, 4.69) is 15.0 Å². The highest BCUT2D eigenvalue weighted by atomic mass is 35.5. The second kappa shape index (κ2) is 6.49. The largest absolute Gasteiger partial charge is 0.573 e. The molecule has 1 atom stereocenters. The van der Waals surface area contributed by atoms with E-state index in [1.807, 2.05) is 0 Å². The molecule has 2 N–H and O–H groups in total. The van der Waals surface area contributed by atoms with Crippen LogP contribution in [0.4, 0.5) is 13.2 Å². The zero-order valence-electron chi connectivity index (χ0n) is 13.3. The van der Waals surface area contributed by atoms with Crippen LogP contribution in [0.25, 0.3) is 11.0 Å². The molecule has 0 saturated carbocycles. The van der Waals surface area contributed by atoms with Gasteiger partial charge in [-0.25, -0.2) is 4.68 Å². The fourth-order valence-electron chi connectivity index (χ4n) is 2.58. The van der Waals surface area contributed by atoms with E-state index in [9.17, 15) is 18.0 Å². The van der Waals surface area contributed by atoms with Gasteiger partial charge in [-0.2, -0.15) is 0 Å². The Morgan fingerprint density at radius 3 is 2.46 bits per heavy atom. The lowest BCUT2D eigenvalue weighted by Gasteiger charge is -2.15. The van der Waals surface area contributed by atoms with Crippen molar-refractivity contribution in [2.75, 3.05) is 0 Å². The van der Waals surface area contributed by atoms with Crippen molar-refractivity contribution in [3.05, 3.63) is 52.5 Å². The molecule has 10 heteroatoms. The Bertz CT molecular complexity index is 970. The molecule has 0 radical (unpaired) electrons. The summed E-state index contributed by atoms with van der Waals surface area (Å²) < 4.78 is 42.1. The number of nitrogens with two attached hydrogens (primary N) is 1. The molecule has 1 aromatic heterocycles. The van der Waals surface area contributed by atoms with Crippen molar-refractivity contribution >= 4 is 28.5 Å². The number of carbonyl (C=O) groups excluding carboxylic acids is 1. The van der Waals surface area contributed by atoms with Crippen LogP contribution in [0.5, 0.6) is 5.75 Å². The molecule has 1 unspecified atom stereocenters. The maximum atomic E-state index is 12.3. The minimum absolute atomic E-state index is 0.193. The predicted molar refractivity (Wildman–Crippen MR) is 88.0 cm³/mol. The Labute approximate surface area is 150 Å². The van der Waals surface area contributed by atoms with E-state index in [4.69, 9.17) is 17.3 Å². The van der Waals surface area contributed by atoms with Gasteiger partial charge >= 0.3 is 6.36 Å². The van der Waals surface area contributed by atoms with Gasteiger partial charge in [-0.05, 0) is 36.8 Å². The van der Waals surface area contributed by atoms with Crippen LogP contribution in [0.3, 0.4) is 0 Å². The van der Waals surface area contributed by atoms with Gasteiger partial charge in [0.2, 0.25) is 0 Å². The van der Waals surface area contributed by atoms with Crippen LogP contribution in [0.2, 0.25) is 5.02 Å². The molecule has 0 bridgehead atoms. The number of alkyl halides is 3. The van der Waals surface area contributed by atoms with Gasteiger partial charge in [0.15, 0.2) is 0 Å². The highest BCUT2D eigenvalue weighted by Gasteiger charge is 2.31. The maximum Gasteiger partial charge on any atom is 0.573 e. The Morgan fingerprint density at radius 1 is 1.23 bits per heavy atom. The molecule has 2 aromatic carbocycles. The lowest BCUT2D eigenvalue weighted by Crippen LogP contribution is -2.17. The normalized spacial score (nSPS) is 13.0. The predicted octanol–water partition coefficient (Wildman–Crippen LogP) is 3.69. The van der Waals surface area contributed by atoms with Crippen LogP contribution < -0.4 is 10.5 Å². The van der Waals surface area contributed by atoms with Crippen molar-refractivity contribution in [2.24, 2.45) is 5.73 Å². The number of hydrogen-bond donors (Lipinski definition) is 1. The number of nitrogens with zero attached hydrogens (tertiary/aromatic N) is 3. The summed E-state index contributed by atoms with van der Waals surface area (Å²) in [5.74, 6) is -1.01. The molecule has 26 heavy (non-hydrogen) atoms. The van der Waals surface area contributed by atoms with E-state index in [0.29, 0.717) is 21.6 Å². The quantitative estimate of drug-likeness (QED) is 0.743. The van der Waals surface area contributed by atoms with Crippen molar-refractivity contribution in [1.82, 2.24) is 15.0 Å². The maximum absolute atomic E-state index is 12.3. The van der Waals surface area contributed by atoms with Crippen LogP contribution in [0.1, 0.15) is 28.9 Å². The average molecular weight is 385 g/mol. The first-order valence-corrected chi connectivity index (χ1v) is 7.74. The summed E-state index contributed by atoms with van der Waals surface area (Å²) in [5.41, 5.74) is 6.89. The first kappa shape index (κ1) is 18.0. The molecular weight excluding hydrogens is 373 g/mol. The lowest BCUT2D eigenvalue weighted by atomic mass is 10.1. The summed E-state index contributed by atoms with van der Waals surface area (Å²) in [4.78, 5) is 11.7.